The van der Waals surface area contributed by atoms with Gasteiger partial charge in [0, 0.05) is 23.2 Å². The monoisotopic (exact) mass is 475 g/mol. The number of rotatable bonds is 24. The van der Waals surface area contributed by atoms with Crippen LogP contribution >= 0.6 is 0 Å². The highest BCUT2D eigenvalue weighted by atomic mass is 28.1. The summed E-state index contributed by atoms with van der Waals surface area (Å²) in [5.41, 5.74) is 0. The maximum atomic E-state index is 5.57. The van der Waals surface area contributed by atoms with Gasteiger partial charge in [-0.3, -0.25) is 5.32 Å². The van der Waals surface area contributed by atoms with E-state index in [0.29, 0.717) is 0 Å². The van der Waals surface area contributed by atoms with E-state index in [9.17, 15) is 0 Å². The number of nitrogens with zero attached hydrogens (tertiary/aromatic N) is 1. The van der Waals surface area contributed by atoms with E-state index in [4.69, 9.17) is 14.5 Å². The first-order valence-electron chi connectivity index (χ1n) is 13.6. The first-order chi connectivity index (χ1) is 15.3. The predicted octanol–water partition coefficient (Wildman–Crippen LogP) is 6.62. The molecule has 0 aromatic carbocycles. The fourth-order valence-corrected chi connectivity index (χ4v) is 4.81. The van der Waals surface area contributed by atoms with E-state index in [1.807, 2.05) is 0 Å². The second-order valence-corrected chi connectivity index (χ2v) is 13.3. The van der Waals surface area contributed by atoms with Crippen LogP contribution in [-0.4, -0.2) is 49.3 Å². The second-order valence-electron chi connectivity index (χ2n) is 10.6. The molecule has 1 N–H and O–H groups in total. The number of hydrogen-bond donors (Lipinski definition) is 1. The average molecular weight is 476 g/mol. The van der Waals surface area contributed by atoms with Crippen molar-refractivity contribution in [3.8, 4) is 0 Å². The van der Waals surface area contributed by atoms with E-state index in [1.165, 1.54) is 103 Å². The minimum absolute atomic E-state index is 0.0289. The molecular formula is C26H59N2O3Si+. The number of hydroxylamine groups is 3. The fourth-order valence-electron chi connectivity index (χ4n) is 4.42. The molecule has 0 saturated heterocycles. The summed E-state index contributed by atoms with van der Waals surface area (Å²) in [5, 5.41) is 3.92. The van der Waals surface area contributed by atoms with E-state index in [0.717, 1.165) is 23.2 Å². The molecule has 0 spiro atoms. The Bertz CT molecular complexity index is 393. The van der Waals surface area contributed by atoms with E-state index >= 15 is 0 Å². The Kier molecular flexibility index (Phi) is 20.4. The molecule has 0 saturated carbocycles. The molecule has 0 bridgehead atoms. The molecule has 0 rings (SSSR count). The highest BCUT2D eigenvalue weighted by Gasteiger charge is 2.44. The van der Waals surface area contributed by atoms with Gasteiger partial charge >= 0.3 is 0 Å². The van der Waals surface area contributed by atoms with Gasteiger partial charge in [-0.15, -0.1) is 14.5 Å². The molecule has 0 heterocycles. The van der Waals surface area contributed by atoms with Crippen LogP contribution in [0.1, 0.15) is 130 Å². The summed E-state index contributed by atoms with van der Waals surface area (Å²) in [6.45, 7) is 7.84. The Morgan fingerprint density at radius 3 is 1.31 bits per heavy atom. The highest BCUT2D eigenvalue weighted by molar-refractivity contribution is 6.14. The molecule has 6 heteroatoms. The smallest absolute Gasteiger partial charge is 0.240 e. The zero-order valence-electron chi connectivity index (χ0n) is 23.0. The Morgan fingerprint density at radius 2 is 1.00 bits per heavy atom. The van der Waals surface area contributed by atoms with Gasteiger partial charge in [0.05, 0.1) is 0 Å². The number of nitrogens with one attached hydrogen (secondary N) is 1. The molecule has 0 aromatic heterocycles. The minimum Gasteiger partial charge on any atom is -0.260 e. The average Bonchev–Trinajstić information content (AvgIpc) is 2.76. The summed E-state index contributed by atoms with van der Waals surface area (Å²) in [6.07, 6.45) is 23.3. The van der Waals surface area contributed by atoms with Crippen LogP contribution in [0.3, 0.4) is 0 Å². The molecule has 0 fully saturated rings. The van der Waals surface area contributed by atoms with Crippen LogP contribution in [0.2, 0.25) is 5.04 Å². The zero-order valence-corrected chi connectivity index (χ0v) is 25.0. The third-order valence-electron chi connectivity index (χ3n) is 6.36. The number of quaternary nitrogens is 1. The van der Waals surface area contributed by atoms with Crippen LogP contribution in [0.25, 0.3) is 0 Å². The van der Waals surface area contributed by atoms with Crippen molar-refractivity contribution in [3.63, 3.8) is 0 Å². The van der Waals surface area contributed by atoms with E-state index in [-0.39, 0.29) is 16.2 Å². The molecule has 0 radical (unpaired) electrons. The van der Waals surface area contributed by atoms with Crippen molar-refractivity contribution >= 4 is 10.2 Å². The summed E-state index contributed by atoms with van der Waals surface area (Å²) in [7, 11) is 6.02. The standard InChI is InChI=1S/C26H59N2O3Si/c1-7-8-9-10-11-12-13-14-15-16-17-18-19-20-21-22-23-27-25(24-26(2,3)32)28(29-4,30-5)31-6/h25,27H,7-24H2,1-6,32H3/q+1. The molecule has 0 aliphatic carbocycles. The molecule has 1 unspecified atom stereocenters. The van der Waals surface area contributed by atoms with Crippen molar-refractivity contribution in [1.82, 2.24) is 5.32 Å². The molecular weight excluding hydrogens is 416 g/mol. The van der Waals surface area contributed by atoms with Crippen molar-refractivity contribution in [2.24, 2.45) is 0 Å². The van der Waals surface area contributed by atoms with Gasteiger partial charge in [0.15, 0.2) is 0 Å². The Hall–Kier alpha value is 0.0169. The number of unbranched alkanes of at least 4 members (excludes halogenated alkanes) is 15. The van der Waals surface area contributed by atoms with E-state index in [2.05, 4.69) is 26.1 Å². The fraction of sp³-hybridized carbons (Fsp3) is 1.00. The van der Waals surface area contributed by atoms with E-state index in [1.54, 1.807) is 21.3 Å². The van der Waals surface area contributed by atoms with Crippen LogP contribution in [0.4, 0.5) is 0 Å². The van der Waals surface area contributed by atoms with Gasteiger partial charge in [-0.05, 0) is 11.5 Å². The Balaban J connectivity index is 3.73. The van der Waals surface area contributed by atoms with Crippen LogP contribution in [0.5, 0.6) is 0 Å². The normalized spacial score (nSPS) is 13.7. The third-order valence-corrected chi connectivity index (χ3v) is 6.77. The molecule has 0 amide bonds. The molecule has 5 nitrogen and oxygen atoms in total. The van der Waals surface area contributed by atoms with Gasteiger partial charge in [0.1, 0.15) is 26.3 Å². The van der Waals surface area contributed by atoms with Crippen LogP contribution in [0.15, 0.2) is 0 Å². The summed E-state index contributed by atoms with van der Waals surface area (Å²) in [5.74, 6) is 0. The van der Waals surface area contributed by atoms with Gasteiger partial charge in [0.2, 0.25) is 6.17 Å². The second kappa shape index (κ2) is 20.4. The summed E-state index contributed by atoms with van der Waals surface area (Å²) in [6, 6.07) is 0. The largest absolute Gasteiger partial charge is 0.260 e. The lowest BCUT2D eigenvalue weighted by molar-refractivity contribution is -1.37. The minimum atomic E-state index is -0.259. The zero-order chi connectivity index (χ0) is 24.1. The third kappa shape index (κ3) is 16.6. The summed E-state index contributed by atoms with van der Waals surface area (Å²) in [4.78, 5) is 16.5. The predicted molar refractivity (Wildman–Crippen MR) is 141 cm³/mol. The molecule has 194 valence electrons. The topological polar surface area (TPSA) is 39.7 Å². The van der Waals surface area contributed by atoms with Crippen LogP contribution in [-0.2, 0) is 14.5 Å². The Morgan fingerprint density at radius 1 is 0.656 bits per heavy atom. The van der Waals surface area contributed by atoms with Gasteiger partial charge in [0.25, 0.3) is 0 Å². The maximum Gasteiger partial charge on any atom is 0.240 e. The van der Waals surface area contributed by atoms with Crippen molar-refractivity contribution < 1.29 is 19.5 Å². The highest BCUT2D eigenvalue weighted by Crippen LogP contribution is 2.30. The first-order valence-corrected chi connectivity index (χ1v) is 14.6. The molecule has 0 aliphatic heterocycles. The molecule has 0 aromatic rings. The van der Waals surface area contributed by atoms with Crippen molar-refractivity contribution in [3.05, 3.63) is 0 Å². The van der Waals surface area contributed by atoms with Crippen molar-refractivity contribution in [2.45, 2.75) is 141 Å². The lowest BCUT2D eigenvalue weighted by Gasteiger charge is -2.35. The van der Waals surface area contributed by atoms with Crippen LogP contribution < -0.4 is 5.32 Å². The summed E-state index contributed by atoms with van der Waals surface area (Å²) < 4.78 is 0. The molecule has 32 heavy (non-hydrogen) atoms. The molecule has 0 aliphatic rings. The lowest BCUT2D eigenvalue weighted by atomic mass is 10.0. The summed E-state index contributed by atoms with van der Waals surface area (Å²) >= 11 is 0. The quantitative estimate of drug-likeness (QED) is 0.0560. The maximum absolute atomic E-state index is 5.57. The van der Waals surface area contributed by atoms with Gasteiger partial charge in [-0.1, -0.05) is 117 Å². The van der Waals surface area contributed by atoms with Gasteiger partial charge in [-0.25, -0.2) is 0 Å². The van der Waals surface area contributed by atoms with Gasteiger partial charge in [-0.2, -0.15) is 0 Å². The number of hydrogen-bond acceptors (Lipinski definition) is 4. The van der Waals surface area contributed by atoms with Crippen molar-refractivity contribution in [2.75, 3.05) is 27.9 Å². The van der Waals surface area contributed by atoms with Crippen LogP contribution in [0, 0.1) is 0 Å². The first kappa shape index (κ1) is 32.0. The van der Waals surface area contributed by atoms with E-state index < -0.39 is 0 Å². The SMILES string of the molecule is CCCCCCCCCCCCCCCCCCNC(CC(C)(C)[SiH3])[N+](OC)(OC)OC. The Labute approximate surface area is 204 Å². The lowest BCUT2D eigenvalue weighted by Crippen LogP contribution is -2.60. The molecule has 1 atom stereocenters. The van der Waals surface area contributed by atoms with Gasteiger partial charge < -0.3 is 0 Å². The van der Waals surface area contributed by atoms with Crippen molar-refractivity contribution in [1.29, 1.82) is 0 Å².